The molecule has 0 radical (unpaired) electrons. The maximum Gasteiger partial charge on any atom is 0.314 e. The number of carbonyl (C=O) groups is 2. The van der Waals surface area contributed by atoms with Gasteiger partial charge in [-0.1, -0.05) is 25.7 Å². The summed E-state index contributed by atoms with van der Waals surface area (Å²) in [6.45, 7) is 0. The van der Waals surface area contributed by atoms with Crippen LogP contribution in [-0.4, -0.2) is 27.6 Å². The highest BCUT2D eigenvalue weighted by Gasteiger charge is 2.27. The van der Waals surface area contributed by atoms with Crippen molar-refractivity contribution >= 4 is 29.4 Å². The normalized spacial score (nSPS) is 17.0. The molecule has 2 amide bonds. The van der Waals surface area contributed by atoms with Gasteiger partial charge in [0.2, 0.25) is 0 Å². The van der Waals surface area contributed by atoms with E-state index in [1.54, 1.807) is 28.6 Å². The predicted octanol–water partition coefficient (Wildman–Crippen LogP) is 3.54. The van der Waals surface area contributed by atoms with Crippen molar-refractivity contribution in [1.82, 2.24) is 15.1 Å². The van der Waals surface area contributed by atoms with Gasteiger partial charge in [0.1, 0.15) is 11.6 Å². The summed E-state index contributed by atoms with van der Waals surface area (Å²) in [6, 6.07) is 5.96. The molecule has 0 bridgehead atoms. The van der Waals surface area contributed by atoms with Crippen molar-refractivity contribution in [2.24, 2.45) is 0 Å². The van der Waals surface area contributed by atoms with Crippen LogP contribution in [0.4, 0.5) is 10.2 Å². The highest BCUT2D eigenvalue weighted by molar-refractivity contribution is 7.98. The fourth-order valence-electron chi connectivity index (χ4n) is 3.75. The number of carbonyl (C=O) groups excluding carboxylic acids is 2. The Morgan fingerprint density at radius 1 is 1.04 bits per heavy atom. The van der Waals surface area contributed by atoms with Crippen LogP contribution in [0.25, 0.3) is 5.69 Å². The van der Waals surface area contributed by atoms with Gasteiger partial charge >= 0.3 is 11.8 Å². The van der Waals surface area contributed by atoms with Crippen molar-refractivity contribution in [1.29, 1.82) is 0 Å². The molecule has 148 valence electrons. The number of fused-ring (bicyclic) bond motifs is 1. The largest absolute Gasteiger partial charge is 0.345 e. The first-order valence-corrected chi connectivity index (χ1v) is 10.8. The monoisotopic (exact) mass is 402 g/mol. The number of thioether (sulfide) groups is 1. The van der Waals surface area contributed by atoms with E-state index in [9.17, 15) is 14.0 Å². The van der Waals surface area contributed by atoms with E-state index in [4.69, 9.17) is 0 Å². The van der Waals surface area contributed by atoms with Crippen LogP contribution in [0.1, 0.15) is 49.8 Å². The molecule has 2 aromatic rings. The van der Waals surface area contributed by atoms with Crippen molar-refractivity contribution in [3.63, 3.8) is 0 Å². The minimum Gasteiger partial charge on any atom is -0.345 e. The second-order valence-corrected chi connectivity index (χ2v) is 8.26. The van der Waals surface area contributed by atoms with Crippen LogP contribution in [0.5, 0.6) is 0 Å². The number of nitrogens with one attached hydrogen (secondary N) is 2. The molecule has 0 atom stereocenters. The van der Waals surface area contributed by atoms with Crippen LogP contribution in [0.15, 0.2) is 24.3 Å². The zero-order chi connectivity index (χ0) is 19.5. The van der Waals surface area contributed by atoms with E-state index in [1.807, 2.05) is 0 Å². The summed E-state index contributed by atoms with van der Waals surface area (Å²) in [5, 5.41) is 10.2. The lowest BCUT2D eigenvalue weighted by atomic mass is 10.1. The lowest BCUT2D eigenvalue weighted by Crippen LogP contribution is -2.42. The molecule has 2 aliphatic rings. The summed E-state index contributed by atoms with van der Waals surface area (Å²) in [5.74, 6) is 0.321. The van der Waals surface area contributed by atoms with Gasteiger partial charge < -0.3 is 10.6 Å². The Kier molecular flexibility index (Phi) is 5.66. The number of anilines is 1. The van der Waals surface area contributed by atoms with E-state index in [-0.39, 0.29) is 11.9 Å². The zero-order valence-corrected chi connectivity index (χ0v) is 16.4. The van der Waals surface area contributed by atoms with E-state index in [0.717, 1.165) is 48.4 Å². The van der Waals surface area contributed by atoms with Gasteiger partial charge in [-0.3, -0.25) is 9.59 Å². The van der Waals surface area contributed by atoms with Crippen molar-refractivity contribution in [3.8, 4) is 5.69 Å². The second kappa shape index (κ2) is 8.34. The Balaban J connectivity index is 1.52. The number of nitrogens with zero attached hydrogens (tertiary/aromatic N) is 2. The lowest BCUT2D eigenvalue weighted by Gasteiger charge is -2.16. The quantitative estimate of drug-likeness (QED) is 0.608. The third kappa shape index (κ3) is 4.06. The lowest BCUT2D eigenvalue weighted by molar-refractivity contribution is -0.136. The van der Waals surface area contributed by atoms with Crippen molar-refractivity contribution in [2.45, 2.75) is 56.1 Å². The highest BCUT2D eigenvalue weighted by atomic mass is 32.2. The molecule has 8 heteroatoms. The van der Waals surface area contributed by atoms with E-state index in [1.165, 1.54) is 25.0 Å². The summed E-state index contributed by atoms with van der Waals surface area (Å²) in [5.41, 5.74) is 2.44. The molecular weight excluding hydrogens is 379 g/mol. The molecule has 28 heavy (non-hydrogen) atoms. The summed E-state index contributed by atoms with van der Waals surface area (Å²) in [4.78, 5) is 25.0. The molecule has 1 saturated carbocycles. The maximum atomic E-state index is 13.3. The Morgan fingerprint density at radius 2 is 1.75 bits per heavy atom. The molecule has 0 saturated heterocycles. The van der Waals surface area contributed by atoms with E-state index >= 15 is 0 Å². The standard InChI is InChI=1S/C20H23FN4O2S/c21-13-7-9-15(10-8-13)25-18(16-11-28-12-17(16)24-25)23-20(27)19(26)22-14-5-3-1-2-4-6-14/h7-10,14H,1-6,11-12H2,(H,22,26)(H,23,27). The molecule has 0 spiro atoms. The number of hydrogen-bond donors (Lipinski definition) is 2. The molecule has 1 aliphatic heterocycles. The zero-order valence-electron chi connectivity index (χ0n) is 15.5. The Bertz CT molecular complexity index is 873. The fourth-order valence-corrected chi connectivity index (χ4v) is 4.78. The number of benzene rings is 1. The molecule has 0 unspecified atom stereocenters. The van der Waals surface area contributed by atoms with Crippen molar-refractivity contribution in [2.75, 3.05) is 5.32 Å². The van der Waals surface area contributed by atoms with E-state index in [2.05, 4.69) is 15.7 Å². The molecule has 1 fully saturated rings. The predicted molar refractivity (Wildman–Crippen MR) is 107 cm³/mol. The number of hydrogen-bond acceptors (Lipinski definition) is 4. The first kappa shape index (κ1) is 19.0. The first-order valence-electron chi connectivity index (χ1n) is 9.68. The minimum atomic E-state index is -0.688. The van der Waals surface area contributed by atoms with Gasteiger partial charge in [-0.2, -0.15) is 16.9 Å². The van der Waals surface area contributed by atoms with Crippen LogP contribution < -0.4 is 10.6 Å². The molecule has 2 N–H and O–H groups in total. The highest BCUT2D eigenvalue weighted by Crippen LogP contribution is 2.36. The van der Waals surface area contributed by atoms with Gasteiger partial charge in [0.05, 0.1) is 11.4 Å². The molecule has 2 heterocycles. The second-order valence-electron chi connectivity index (χ2n) is 7.27. The van der Waals surface area contributed by atoms with Gasteiger partial charge in [0.25, 0.3) is 0 Å². The average molecular weight is 402 g/mol. The fraction of sp³-hybridized carbons (Fsp3) is 0.450. The Morgan fingerprint density at radius 3 is 2.46 bits per heavy atom. The Hall–Kier alpha value is -2.35. The number of halogens is 1. The topological polar surface area (TPSA) is 76.0 Å². The SMILES string of the molecule is O=C(Nc1c2c(nn1-c1ccc(F)cc1)CSC2)C(=O)NC1CCCCCC1. The maximum absolute atomic E-state index is 13.3. The molecule has 1 aromatic carbocycles. The Labute approximate surface area is 167 Å². The molecule has 1 aromatic heterocycles. The minimum absolute atomic E-state index is 0.0593. The molecular formula is C20H23FN4O2S. The van der Waals surface area contributed by atoms with Gasteiger partial charge in [-0.15, -0.1) is 0 Å². The molecule has 6 nitrogen and oxygen atoms in total. The van der Waals surface area contributed by atoms with Crippen LogP contribution in [0.2, 0.25) is 0 Å². The van der Waals surface area contributed by atoms with Gasteiger partial charge in [-0.25, -0.2) is 9.07 Å². The van der Waals surface area contributed by atoms with Crippen molar-refractivity contribution in [3.05, 3.63) is 41.3 Å². The van der Waals surface area contributed by atoms with E-state index < -0.39 is 11.8 Å². The van der Waals surface area contributed by atoms with E-state index in [0.29, 0.717) is 11.5 Å². The van der Waals surface area contributed by atoms with Gasteiger partial charge in [0.15, 0.2) is 0 Å². The van der Waals surface area contributed by atoms with Crippen molar-refractivity contribution < 1.29 is 14.0 Å². The van der Waals surface area contributed by atoms with Crippen LogP contribution in [0, 0.1) is 5.82 Å². The number of aromatic nitrogens is 2. The number of rotatable bonds is 3. The third-order valence-electron chi connectivity index (χ3n) is 5.25. The summed E-state index contributed by atoms with van der Waals surface area (Å²) in [6.07, 6.45) is 6.35. The van der Waals surface area contributed by atoms with Crippen LogP contribution in [0.3, 0.4) is 0 Å². The summed E-state index contributed by atoms with van der Waals surface area (Å²) < 4.78 is 14.9. The third-order valence-corrected chi connectivity index (χ3v) is 6.22. The molecule has 4 rings (SSSR count). The first-order chi connectivity index (χ1) is 13.6. The molecule has 1 aliphatic carbocycles. The summed E-state index contributed by atoms with van der Waals surface area (Å²) >= 11 is 1.71. The average Bonchev–Trinajstić information content (AvgIpc) is 3.17. The summed E-state index contributed by atoms with van der Waals surface area (Å²) in [7, 11) is 0. The smallest absolute Gasteiger partial charge is 0.314 e. The number of amides is 2. The van der Waals surface area contributed by atoms with Gasteiger partial charge in [-0.05, 0) is 37.1 Å². The van der Waals surface area contributed by atoms with Gasteiger partial charge in [0, 0.05) is 23.1 Å². The van der Waals surface area contributed by atoms with Crippen LogP contribution >= 0.6 is 11.8 Å². The van der Waals surface area contributed by atoms with Crippen LogP contribution in [-0.2, 0) is 21.1 Å².